The predicted octanol–water partition coefficient (Wildman–Crippen LogP) is 15.7. The number of pyridine rings is 2. The lowest BCUT2D eigenvalue weighted by molar-refractivity contribution is -0.0688. The summed E-state index contributed by atoms with van der Waals surface area (Å²) in [5, 5.41) is 20.2. The summed E-state index contributed by atoms with van der Waals surface area (Å²) in [6.45, 7) is 17.0. The number of hydrogen-bond acceptors (Lipinski definition) is 16. The minimum absolute atomic E-state index is 0.0836. The van der Waals surface area contributed by atoms with Crippen LogP contribution in [0.4, 0.5) is 17.6 Å². The van der Waals surface area contributed by atoms with E-state index in [9.17, 15) is 36.7 Å². The molecule has 8 unspecified atom stereocenters. The van der Waals surface area contributed by atoms with E-state index in [1.807, 2.05) is 35.8 Å². The monoisotopic (exact) mass is 1370 g/mol. The highest BCUT2D eigenvalue weighted by Gasteiger charge is 2.69. The van der Waals surface area contributed by atoms with E-state index in [-0.39, 0.29) is 44.7 Å². The maximum absolute atomic E-state index is 13.2. The number of esters is 4. The summed E-state index contributed by atoms with van der Waals surface area (Å²) in [6, 6.07) is 11.9. The molecule has 0 aliphatic heterocycles. The van der Waals surface area contributed by atoms with E-state index in [1.165, 1.54) is 73.6 Å². The highest BCUT2D eigenvalue weighted by molar-refractivity contribution is 7.10. The standard InChI is InChI=1S/C18H19F2N3O2.C17H18ClN3O2.C17H18F2N2O2S.C16H17ClN2O2S/c1-17(2)11-6-7-18(17,12-5-4-8-21-14(11)12)25-16(24)10-9-23(3)22-13(10)15(19)20;1-16(2)11-6-7-17(16,12-5-4-8-19-13(11)12)23-15(22)10-9-20-21(3)14(10)18;1-16(2)11-4-6-17(16,13-9(11)5-7-24-13)23-15(22)10-8-21(3)20-12(10)14(18)19;1-15(2)11-4-6-16(15,12-9(11)5-7-22-12)21-14(20)10-8-18-19(3)13(10)17/h4-5,8-9,11,15H,6-7H2,1-3H3;4-5,8-9,11H,6-7H2,1-3H3;5,7-8,11,14H,4,6H2,1-3H3;5,7-8,11H,4,6H2,1-3H3. The summed E-state index contributed by atoms with van der Waals surface area (Å²) in [6.07, 6.45) is 10.4. The third-order valence-corrected chi connectivity index (χ3v) is 25.7. The maximum Gasteiger partial charge on any atom is 0.343 e. The van der Waals surface area contributed by atoms with Crippen molar-refractivity contribution in [3.63, 3.8) is 0 Å². The molecule has 26 heteroatoms. The molecule has 18 nitrogen and oxygen atoms in total. The molecule has 8 atom stereocenters. The number of ether oxygens (including phenoxy) is 4. The van der Waals surface area contributed by atoms with Gasteiger partial charge in [-0.05, 0) is 109 Å². The summed E-state index contributed by atoms with van der Waals surface area (Å²) < 4.78 is 82.2. The Morgan fingerprint density at radius 2 is 0.830 bits per heavy atom. The van der Waals surface area contributed by atoms with Gasteiger partial charge in [-0.2, -0.15) is 20.4 Å². The summed E-state index contributed by atoms with van der Waals surface area (Å²) >= 11 is 15.6. The number of nitrogens with zero attached hydrogens (tertiary/aromatic N) is 10. The van der Waals surface area contributed by atoms with Gasteiger partial charge in [0.2, 0.25) is 0 Å². The van der Waals surface area contributed by atoms with Crippen molar-refractivity contribution in [2.24, 2.45) is 49.9 Å². The van der Waals surface area contributed by atoms with Crippen LogP contribution < -0.4 is 0 Å². The average Bonchev–Trinajstić information content (AvgIpc) is 1.55. The van der Waals surface area contributed by atoms with E-state index in [0.717, 1.165) is 72.3 Å². The van der Waals surface area contributed by atoms with Gasteiger partial charge in [-0.3, -0.25) is 28.7 Å². The molecule has 8 aromatic heterocycles. The number of rotatable bonds is 10. The van der Waals surface area contributed by atoms with Crippen LogP contribution in [0.3, 0.4) is 0 Å². The van der Waals surface area contributed by atoms with Crippen LogP contribution in [0, 0.1) is 21.7 Å². The van der Waals surface area contributed by atoms with Crippen molar-refractivity contribution >= 4 is 69.8 Å². The molecule has 8 aliphatic rings. The van der Waals surface area contributed by atoms with Crippen LogP contribution in [0.15, 0.2) is 84.3 Å². The summed E-state index contributed by atoms with van der Waals surface area (Å²) in [5.41, 5.74) is 2.21. The molecule has 496 valence electrons. The van der Waals surface area contributed by atoms with Crippen molar-refractivity contribution in [2.75, 3.05) is 0 Å². The second-order valence-corrected chi connectivity index (χ2v) is 30.7. The van der Waals surface area contributed by atoms with E-state index in [4.69, 9.17) is 42.1 Å². The SMILES string of the molecule is Cn1cc(C(=O)OC23CCC(c4ccsc42)C3(C)C)c(C(F)F)n1.Cn1cc(C(=O)OC23CCC(c4ncccc42)C3(C)C)c(C(F)F)n1.Cn1ncc(C(=O)OC23CCC(c4ccsc42)C3(C)C)c1Cl.Cn1ncc(C(=O)OC23CCC(c4ncccc42)C3(C)C)c1Cl. The normalized spacial score (nSPS) is 26.9. The first kappa shape index (κ1) is 65.4. The zero-order chi connectivity index (χ0) is 67.4. The lowest BCUT2D eigenvalue weighted by atomic mass is 9.76. The lowest BCUT2D eigenvalue weighted by Gasteiger charge is -2.37. The van der Waals surface area contributed by atoms with Gasteiger partial charge in [0.05, 0.1) is 33.5 Å². The molecular formula is C68H72Cl2F4N10O8S2. The number of aryl methyl sites for hydroxylation is 4. The fourth-order valence-electron chi connectivity index (χ4n) is 17.5. The van der Waals surface area contributed by atoms with Gasteiger partial charge in [-0.1, -0.05) is 90.7 Å². The van der Waals surface area contributed by atoms with E-state index in [0.29, 0.717) is 45.6 Å². The second-order valence-electron chi connectivity index (χ2n) is 28.2. The van der Waals surface area contributed by atoms with Gasteiger partial charge in [-0.15, -0.1) is 22.7 Å². The van der Waals surface area contributed by atoms with Crippen molar-refractivity contribution in [3.05, 3.63) is 172 Å². The van der Waals surface area contributed by atoms with Crippen molar-refractivity contribution < 1.29 is 55.7 Å². The van der Waals surface area contributed by atoms with Crippen LogP contribution in [-0.4, -0.2) is 73.0 Å². The fourth-order valence-corrected chi connectivity index (χ4v) is 20.5. The quantitative estimate of drug-likeness (QED) is 0.0710. The van der Waals surface area contributed by atoms with E-state index < -0.39 is 64.6 Å². The van der Waals surface area contributed by atoms with Crippen LogP contribution >= 0.6 is 45.9 Å². The molecular weight excluding hydrogens is 1300 g/mol. The Balaban J connectivity index is 0.000000114. The third kappa shape index (κ3) is 9.30. The summed E-state index contributed by atoms with van der Waals surface area (Å²) in [5.74, 6) is -0.958. The highest BCUT2D eigenvalue weighted by Crippen LogP contribution is 2.72. The maximum atomic E-state index is 13.2. The molecule has 0 saturated heterocycles. The highest BCUT2D eigenvalue weighted by atomic mass is 35.5. The fraction of sp³-hybridized carbons (Fsp3) is 0.500. The second kappa shape index (κ2) is 22.7. The van der Waals surface area contributed by atoms with Crippen LogP contribution in [0.25, 0.3) is 0 Å². The van der Waals surface area contributed by atoms with Crippen LogP contribution in [0.5, 0.6) is 0 Å². The van der Waals surface area contributed by atoms with Crippen LogP contribution in [-0.2, 0) is 69.5 Å². The zero-order valence-electron chi connectivity index (χ0n) is 54.0. The molecule has 0 amide bonds. The predicted molar refractivity (Wildman–Crippen MR) is 341 cm³/mol. The third-order valence-electron chi connectivity index (χ3n) is 22.7. The topological polar surface area (TPSA) is 202 Å². The minimum Gasteiger partial charge on any atom is -0.450 e. The Labute approximate surface area is 558 Å². The Kier molecular flexibility index (Phi) is 15.8. The summed E-state index contributed by atoms with van der Waals surface area (Å²) in [4.78, 5) is 62.3. The minimum atomic E-state index is -2.83. The number of hydrogen-bond donors (Lipinski definition) is 0. The molecule has 94 heavy (non-hydrogen) atoms. The number of carbonyl (C=O) groups excluding carboxylic acids is 4. The molecule has 0 aromatic carbocycles. The van der Waals surface area contributed by atoms with Crippen LogP contribution in [0.2, 0.25) is 10.3 Å². The lowest BCUT2D eigenvalue weighted by Crippen LogP contribution is -2.39. The van der Waals surface area contributed by atoms with Gasteiger partial charge < -0.3 is 18.9 Å². The molecule has 8 aliphatic carbocycles. The molecule has 16 rings (SSSR count). The van der Waals surface area contributed by atoms with Gasteiger partial charge in [0.25, 0.3) is 12.9 Å². The van der Waals surface area contributed by atoms with Crippen molar-refractivity contribution in [1.82, 2.24) is 49.1 Å². The largest absolute Gasteiger partial charge is 0.450 e. The molecule has 8 aromatic rings. The van der Waals surface area contributed by atoms with E-state index in [1.54, 1.807) is 43.0 Å². The zero-order valence-corrected chi connectivity index (χ0v) is 57.2. The molecule has 4 saturated carbocycles. The van der Waals surface area contributed by atoms with Crippen molar-refractivity contribution in [3.8, 4) is 0 Å². The van der Waals surface area contributed by atoms with Gasteiger partial charge in [-0.25, -0.2) is 36.7 Å². The average molecular weight is 1370 g/mol. The van der Waals surface area contributed by atoms with Crippen molar-refractivity contribution in [1.29, 1.82) is 0 Å². The Morgan fingerprint density at radius 3 is 1.18 bits per heavy atom. The number of fused-ring (bicyclic) bond motifs is 20. The Hall–Kier alpha value is -7.28. The molecule has 4 fully saturated rings. The molecule has 8 bridgehead atoms. The Bertz CT molecular complexity index is 4380. The van der Waals surface area contributed by atoms with Gasteiger partial charge in [0, 0.05) is 97.6 Å². The van der Waals surface area contributed by atoms with E-state index >= 15 is 0 Å². The molecule has 0 N–H and O–H groups in total. The number of halogens is 6. The van der Waals surface area contributed by atoms with Crippen molar-refractivity contribution in [2.45, 2.75) is 166 Å². The van der Waals surface area contributed by atoms with Crippen LogP contribution in [0.1, 0.15) is 239 Å². The van der Waals surface area contributed by atoms with Gasteiger partial charge in [0.15, 0.2) is 11.2 Å². The Morgan fingerprint density at radius 1 is 0.500 bits per heavy atom. The van der Waals surface area contributed by atoms with Gasteiger partial charge >= 0.3 is 23.9 Å². The number of alkyl halides is 4. The van der Waals surface area contributed by atoms with E-state index in [2.05, 4.69) is 103 Å². The smallest absolute Gasteiger partial charge is 0.343 e. The number of aromatic nitrogens is 10. The first-order chi connectivity index (χ1) is 44.3. The summed E-state index contributed by atoms with van der Waals surface area (Å²) in [7, 11) is 6.43. The molecule has 0 radical (unpaired) electrons. The first-order valence-corrected chi connectivity index (χ1v) is 33.8. The molecule has 8 heterocycles. The van der Waals surface area contributed by atoms with Gasteiger partial charge in [0.1, 0.15) is 55.1 Å². The first-order valence-electron chi connectivity index (χ1n) is 31.3. The molecule has 0 spiro atoms. The number of carbonyl (C=O) groups is 4. The number of thiophene rings is 2.